The second kappa shape index (κ2) is 3.74. The number of nitrogens with zero attached hydrogens (tertiary/aromatic N) is 1. The Balaban J connectivity index is 4.56. The maximum atomic E-state index is 11.4. The first-order chi connectivity index (χ1) is 4.80. The fourth-order valence-electron chi connectivity index (χ4n) is 0.542. The van der Waals surface area contributed by atoms with Gasteiger partial charge in [0.05, 0.1) is 0 Å². The molecule has 0 bridgehead atoms. The Labute approximate surface area is 72.3 Å². The van der Waals surface area contributed by atoms with Crippen LogP contribution in [0, 0.1) is 0 Å². The third kappa shape index (κ3) is 2.62. The van der Waals surface area contributed by atoms with E-state index in [1.54, 1.807) is 27.9 Å². The zero-order valence-corrected chi connectivity index (χ0v) is 9.22. The van der Waals surface area contributed by atoms with Gasteiger partial charge in [0.2, 0.25) is 0 Å². The molecule has 0 heterocycles. The second-order valence-electron chi connectivity index (χ2n) is 2.94. The van der Waals surface area contributed by atoms with Crippen molar-refractivity contribution in [3.05, 3.63) is 0 Å². The first-order valence-corrected chi connectivity index (χ1v) is 4.87. The number of carbonyl (C=O) groups excluding carboxylic acids is 1. The summed E-state index contributed by atoms with van der Waals surface area (Å²) < 4.78 is 12.1. The molecule has 0 aliphatic rings. The topological polar surface area (TPSA) is 37.4 Å². The van der Waals surface area contributed by atoms with Crippen LogP contribution < -0.4 is 0 Å². The molecule has 0 rings (SSSR count). The van der Waals surface area contributed by atoms with E-state index in [0.717, 1.165) is 0 Å². The van der Waals surface area contributed by atoms with E-state index in [0.29, 0.717) is 0 Å². The smallest absolute Gasteiger partial charge is 0.167 e. The van der Waals surface area contributed by atoms with Gasteiger partial charge in [-0.25, -0.2) is 8.51 Å². The van der Waals surface area contributed by atoms with Gasteiger partial charge in [-0.15, -0.1) is 0 Å². The zero-order valence-electron chi connectivity index (χ0n) is 7.25. The minimum absolute atomic E-state index is 0.135. The standard InChI is InChI=1S/C6H14NO2PS/c1-6(2,5(8)10)11(9)7(3)4/h10H2,1-4H3. The van der Waals surface area contributed by atoms with Gasteiger partial charge in [-0.1, -0.05) is 9.24 Å². The summed E-state index contributed by atoms with van der Waals surface area (Å²) in [6.45, 7) is 3.33. The van der Waals surface area contributed by atoms with Gasteiger partial charge in [0, 0.05) is 0 Å². The maximum Gasteiger partial charge on any atom is 0.167 e. The lowest BCUT2D eigenvalue weighted by Gasteiger charge is -2.23. The van der Waals surface area contributed by atoms with Gasteiger partial charge in [-0.2, -0.15) is 0 Å². The average Bonchev–Trinajstić information content (AvgIpc) is 1.85. The highest BCUT2D eigenvalue weighted by molar-refractivity contribution is 7.85. The highest BCUT2D eigenvalue weighted by Crippen LogP contribution is 2.18. The summed E-state index contributed by atoms with van der Waals surface area (Å²) in [5, 5.41) is 0. The molecule has 0 saturated heterocycles. The number of hydrogen-bond acceptors (Lipinski definition) is 2. The van der Waals surface area contributed by atoms with Gasteiger partial charge in [0.15, 0.2) is 5.52 Å². The highest BCUT2D eigenvalue weighted by Gasteiger charge is 2.32. The highest BCUT2D eigenvalue weighted by atomic mass is 32.2. The second-order valence-corrected chi connectivity index (χ2v) is 5.71. The Bertz CT molecular complexity index is 191. The molecule has 2 unspecified atom stereocenters. The monoisotopic (exact) mass is 195 g/mol. The molecule has 3 nitrogen and oxygen atoms in total. The molecule has 2 atom stereocenters. The van der Waals surface area contributed by atoms with Crippen molar-refractivity contribution in [2.24, 2.45) is 0 Å². The minimum atomic E-state index is -1.25. The quantitative estimate of drug-likeness (QED) is 0.611. The van der Waals surface area contributed by atoms with Crippen LogP contribution in [0.25, 0.3) is 0 Å². The van der Waals surface area contributed by atoms with E-state index >= 15 is 0 Å². The van der Waals surface area contributed by atoms with Crippen LogP contribution in [0.1, 0.15) is 13.8 Å². The Hall–Kier alpha value is 0.210. The molecular formula is C6H14NO2PS. The lowest BCUT2D eigenvalue weighted by Crippen LogP contribution is -2.39. The third-order valence-corrected chi connectivity index (χ3v) is 4.03. The number of hydrogen-bond donors (Lipinski definition) is 0. The van der Waals surface area contributed by atoms with Gasteiger partial charge in [0.25, 0.3) is 0 Å². The van der Waals surface area contributed by atoms with Crippen molar-refractivity contribution in [2.75, 3.05) is 14.1 Å². The molecule has 0 aromatic heterocycles. The lowest BCUT2D eigenvalue weighted by molar-refractivity contribution is -0.112. The summed E-state index contributed by atoms with van der Waals surface area (Å²) >= 11 is 0. The van der Waals surface area contributed by atoms with Gasteiger partial charge in [0.1, 0.15) is 15.7 Å². The molecule has 0 saturated carbocycles. The number of rotatable bonds is 3. The van der Waals surface area contributed by atoms with Crippen LogP contribution >= 0.6 is 9.24 Å². The molecule has 0 radical (unpaired) electrons. The molecule has 0 aromatic carbocycles. The van der Waals surface area contributed by atoms with E-state index in [9.17, 15) is 9.00 Å². The molecule has 0 N–H and O–H groups in total. The molecule has 0 aromatic rings. The summed E-state index contributed by atoms with van der Waals surface area (Å²) in [5.41, 5.74) is -0.135. The molecule has 0 aliphatic carbocycles. The lowest BCUT2D eigenvalue weighted by atomic mass is 10.2. The van der Waals surface area contributed by atoms with E-state index in [1.807, 2.05) is 0 Å². The first-order valence-electron chi connectivity index (χ1n) is 3.19. The molecule has 66 valence electrons. The van der Waals surface area contributed by atoms with Crippen molar-refractivity contribution >= 4 is 25.7 Å². The summed E-state index contributed by atoms with van der Waals surface area (Å²) in [7, 11) is 4.18. The predicted octanol–water partition coefficient (Wildman–Crippen LogP) is 0.392. The van der Waals surface area contributed by atoms with Crippen LogP contribution in [-0.2, 0) is 15.8 Å². The van der Waals surface area contributed by atoms with Gasteiger partial charge in [-0.05, 0) is 27.9 Å². The van der Waals surface area contributed by atoms with Crippen LogP contribution in [0.2, 0.25) is 0 Å². The van der Waals surface area contributed by atoms with E-state index in [1.165, 1.54) is 4.31 Å². The van der Waals surface area contributed by atoms with Crippen LogP contribution in [0.3, 0.4) is 0 Å². The van der Waals surface area contributed by atoms with Crippen molar-refractivity contribution in [1.29, 1.82) is 0 Å². The average molecular weight is 195 g/mol. The number of carbonyl (C=O) groups is 1. The molecule has 11 heavy (non-hydrogen) atoms. The van der Waals surface area contributed by atoms with Crippen LogP contribution in [0.5, 0.6) is 0 Å². The van der Waals surface area contributed by atoms with Crippen molar-refractivity contribution in [3.63, 3.8) is 0 Å². The Morgan fingerprint density at radius 2 is 1.82 bits per heavy atom. The zero-order chi connectivity index (χ0) is 9.23. The summed E-state index contributed by atoms with van der Waals surface area (Å²) in [6, 6.07) is 0. The Morgan fingerprint density at radius 1 is 1.45 bits per heavy atom. The molecule has 0 amide bonds. The largest absolute Gasteiger partial charge is 0.293 e. The van der Waals surface area contributed by atoms with Crippen molar-refractivity contribution in [1.82, 2.24) is 4.31 Å². The molecule has 0 spiro atoms. The van der Waals surface area contributed by atoms with E-state index in [4.69, 9.17) is 0 Å². The molecule has 5 heteroatoms. The van der Waals surface area contributed by atoms with E-state index in [2.05, 4.69) is 9.24 Å². The van der Waals surface area contributed by atoms with Crippen molar-refractivity contribution in [2.45, 2.75) is 18.6 Å². The van der Waals surface area contributed by atoms with Gasteiger partial charge in [-0.3, -0.25) is 4.79 Å². The fraction of sp³-hybridized carbons (Fsp3) is 0.833. The summed E-state index contributed by atoms with van der Waals surface area (Å²) in [6.07, 6.45) is 0. The van der Waals surface area contributed by atoms with Gasteiger partial charge < -0.3 is 0 Å². The van der Waals surface area contributed by atoms with E-state index < -0.39 is 15.7 Å². The molecule has 0 fully saturated rings. The van der Waals surface area contributed by atoms with Crippen molar-refractivity contribution < 1.29 is 9.00 Å². The van der Waals surface area contributed by atoms with Gasteiger partial charge >= 0.3 is 0 Å². The SMILES string of the molecule is CN(C)S(=O)C(C)(C)C(=O)P. The first kappa shape index (κ1) is 11.2. The Kier molecular flexibility index (Phi) is 3.82. The van der Waals surface area contributed by atoms with Crippen LogP contribution in [0.15, 0.2) is 0 Å². The molecular weight excluding hydrogens is 181 g/mol. The molecule has 0 aliphatic heterocycles. The fourth-order valence-corrected chi connectivity index (χ4v) is 1.93. The van der Waals surface area contributed by atoms with E-state index in [-0.39, 0.29) is 5.52 Å². The summed E-state index contributed by atoms with van der Waals surface area (Å²) in [4.78, 5) is 11.0. The third-order valence-electron chi connectivity index (χ3n) is 1.36. The predicted molar refractivity (Wildman–Crippen MR) is 50.6 cm³/mol. The maximum absolute atomic E-state index is 11.4. The van der Waals surface area contributed by atoms with Crippen LogP contribution in [-0.4, -0.2) is 32.9 Å². The van der Waals surface area contributed by atoms with Crippen molar-refractivity contribution in [3.8, 4) is 0 Å². The Morgan fingerprint density at radius 3 is 1.91 bits per heavy atom. The normalized spacial score (nSPS) is 15.1. The van der Waals surface area contributed by atoms with Crippen LogP contribution in [0.4, 0.5) is 0 Å². The summed E-state index contributed by atoms with van der Waals surface area (Å²) in [5.74, 6) is 0. The minimum Gasteiger partial charge on any atom is -0.293 e.